The average Bonchev–Trinajstić information content (AvgIpc) is 3.14. The van der Waals surface area contributed by atoms with Crippen molar-refractivity contribution in [3.63, 3.8) is 0 Å². The second kappa shape index (κ2) is 9.48. The Hall–Kier alpha value is -4.26. The zero-order chi connectivity index (χ0) is 23.4. The summed E-state index contributed by atoms with van der Waals surface area (Å²) >= 11 is 0. The largest absolute Gasteiger partial charge is 0.497 e. The Balaban J connectivity index is 1.48. The summed E-state index contributed by atoms with van der Waals surface area (Å²) in [4.78, 5) is 25.1. The molecule has 0 spiro atoms. The maximum Gasteiger partial charge on any atom is 0.315 e. The van der Waals surface area contributed by atoms with E-state index in [-0.39, 0.29) is 18.0 Å². The van der Waals surface area contributed by atoms with Crippen molar-refractivity contribution in [2.75, 3.05) is 21.3 Å². The van der Waals surface area contributed by atoms with Crippen molar-refractivity contribution in [2.24, 2.45) is 0 Å². The lowest BCUT2D eigenvalue weighted by Gasteiger charge is -2.08. The van der Waals surface area contributed by atoms with E-state index in [0.717, 1.165) is 5.56 Å². The second-order valence-electron chi connectivity index (χ2n) is 7.20. The molecule has 0 radical (unpaired) electrons. The van der Waals surface area contributed by atoms with Crippen molar-refractivity contribution in [3.05, 3.63) is 83.1 Å². The van der Waals surface area contributed by atoms with Gasteiger partial charge in [0.1, 0.15) is 28.7 Å². The lowest BCUT2D eigenvalue weighted by atomic mass is 10.1. The molecule has 0 aliphatic carbocycles. The molecule has 0 atom stereocenters. The molecule has 7 nitrogen and oxygen atoms in total. The first kappa shape index (κ1) is 22.0. The molecule has 0 fully saturated rings. The van der Waals surface area contributed by atoms with E-state index in [2.05, 4.69) is 0 Å². The summed E-state index contributed by atoms with van der Waals surface area (Å²) in [5.41, 5.74) is 1.86. The summed E-state index contributed by atoms with van der Waals surface area (Å²) in [6.45, 7) is 0. The summed E-state index contributed by atoms with van der Waals surface area (Å²) in [6.07, 6.45) is 1.71. The maximum absolute atomic E-state index is 12.8. The predicted molar refractivity (Wildman–Crippen MR) is 121 cm³/mol. The van der Waals surface area contributed by atoms with Crippen LogP contribution >= 0.6 is 0 Å². The highest BCUT2D eigenvalue weighted by Crippen LogP contribution is 2.36. The standard InChI is InChI=1S/C26H22O7/c1-29-18-7-4-16(5-8-18)12-25(27)32-20-10-11-21-23(15-20)33-24(26(21)28)13-17-6-9-19(30-2)14-22(17)31-3/h4-11,13-15H,12H2,1-3H3/b24-13-. The van der Waals surface area contributed by atoms with E-state index < -0.39 is 5.97 Å². The van der Waals surface area contributed by atoms with Crippen LogP contribution in [0, 0.1) is 0 Å². The van der Waals surface area contributed by atoms with Gasteiger partial charge in [0.2, 0.25) is 5.78 Å². The Bertz CT molecular complexity index is 1230. The molecule has 0 saturated heterocycles. The lowest BCUT2D eigenvalue weighted by Crippen LogP contribution is -2.11. The zero-order valence-electron chi connectivity index (χ0n) is 18.4. The molecule has 0 N–H and O–H groups in total. The third-order valence-electron chi connectivity index (χ3n) is 5.11. The zero-order valence-corrected chi connectivity index (χ0v) is 18.4. The minimum absolute atomic E-state index is 0.100. The smallest absolute Gasteiger partial charge is 0.315 e. The van der Waals surface area contributed by atoms with Crippen molar-refractivity contribution >= 4 is 17.8 Å². The normalized spacial score (nSPS) is 13.3. The predicted octanol–water partition coefficient (Wildman–Crippen LogP) is 4.48. The molecular formula is C26H22O7. The summed E-state index contributed by atoms with van der Waals surface area (Å²) in [5, 5.41) is 0. The number of Topliss-reactive ketones (excluding diaryl/α,β-unsaturated/α-hetero) is 1. The molecule has 7 heteroatoms. The Morgan fingerprint density at radius 2 is 1.55 bits per heavy atom. The number of allylic oxidation sites excluding steroid dienone is 1. The quantitative estimate of drug-likeness (QED) is 0.301. The molecule has 1 aliphatic rings. The summed E-state index contributed by atoms with van der Waals surface area (Å²) in [6, 6.07) is 17.1. The SMILES string of the molecule is COc1ccc(CC(=O)Oc2ccc3c(c2)O/C(=C\c2ccc(OC)cc2OC)C3=O)cc1. The number of rotatable bonds is 7. The number of hydrogen-bond acceptors (Lipinski definition) is 7. The average molecular weight is 446 g/mol. The molecule has 168 valence electrons. The van der Waals surface area contributed by atoms with Gasteiger partial charge in [0.05, 0.1) is 33.3 Å². The fourth-order valence-electron chi connectivity index (χ4n) is 3.39. The van der Waals surface area contributed by atoms with Gasteiger partial charge in [-0.1, -0.05) is 12.1 Å². The van der Waals surface area contributed by atoms with Crippen LogP contribution in [0.3, 0.4) is 0 Å². The third kappa shape index (κ3) is 4.82. The van der Waals surface area contributed by atoms with Crippen molar-refractivity contribution < 1.29 is 33.3 Å². The molecule has 33 heavy (non-hydrogen) atoms. The molecule has 0 aromatic heterocycles. The van der Waals surface area contributed by atoms with Crippen LogP contribution < -0.4 is 23.7 Å². The molecule has 4 rings (SSSR count). The number of hydrogen-bond donors (Lipinski definition) is 0. The monoisotopic (exact) mass is 446 g/mol. The highest BCUT2D eigenvalue weighted by molar-refractivity contribution is 6.14. The molecule has 0 bridgehead atoms. The van der Waals surface area contributed by atoms with Crippen LogP contribution in [0.5, 0.6) is 28.7 Å². The highest BCUT2D eigenvalue weighted by Gasteiger charge is 2.28. The number of fused-ring (bicyclic) bond motifs is 1. The minimum atomic E-state index is -0.428. The van der Waals surface area contributed by atoms with Gasteiger partial charge < -0.3 is 23.7 Å². The van der Waals surface area contributed by atoms with Crippen molar-refractivity contribution in [1.82, 2.24) is 0 Å². The van der Waals surface area contributed by atoms with E-state index in [1.165, 1.54) is 13.2 Å². The van der Waals surface area contributed by atoms with E-state index in [4.69, 9.17) is 23.7 Å². The van der Waals surface area contributed by atoms with Crippen LogP contribution in [0.25, 0.3) is 6.08 Å². The number of carbonyl (C=O) groups is 2. The number of ketones is 1. The molecule has 0 saturated carbocycles. The van der Waals surface area contributed by atoms with E-state index in [0.29, 0.717) is 39.9 Å². The fourth-order valence-corrected chi connectivity index (χ4v) is 3.39. The van der Waals surface area contributed by atoms with Gasteiger partial charge in [-0.2, -0.15) is 0 Å². The summed E-state index contributed by atoms with van der Waals surface area (Å²) in [5.74, 6) is 1.97. The topological polar surface area (TPSA) is 80.3 Å². The number of ether oxygens (including phenoxy) is 5. The molecule has 3 aromatic rings. The van der Waals surface area contributed by atoms with Gasteiger partial charge >= 0.3 is 5.97 Å². The van der Waals surface area contributed by atoms with Crippen molar-refractivity contribution in [2.45, 2.75) is 6.42 Å². The first-order chi connectivity index (χ1) is 16.0. The van der Waals surface area contributed by atoms with Crippen LogP contribution in [0.4, 0.5) is 0 Å². The number of esters is 1. The van der Waals surface area contributed by atoms with Gasteiger partial charge in [-0.3, -0.25) is 9.59 Å². The van der Waals surface area contributed by atoms with E-state index in [9.17, 15) is 9.59 Å². The van der Waals surface area contributed by atoms with Crippen LogP contribution in [0.15, 0.2) is 66.4 Å². The van der Waals surface area contributed by atoms with Crippen LogP contribution in [0.1, 0.15) is 21.5 Å². The highest BCUT2D eigenvalue weighted by atomic mass is 16.5. The molecule has 0 unspecified atom stereocenters. The molecule has 1 aliphatic heterocycles. The van der Waals surface area contributed by atoms with Gasteiger partial charge in [0.25, 0.3) is 0 Å². The van der Waals surface area contributed by atoms with Crippen LogP contribution in [0.2, 0.25) is 0 Å². The van der Waals surface area contributed by atoms with Gasteiger partial charge in [-0.25, -0.2) is 0 Å². The van der Waals surface area contributed by atoms with Gasteiger partial charge in [0.15, 0.2) is 5.76 Å². The molecule has 3 aromatic carbocycles. The van der Waals surface area contributed by atoms with Crippen LogP contribution in [-0.2, 0) is 11.2 Å². The van der Waals surface area contributed by atoms with E-state index in [1.807, 2.05) is 0 Å². The first-order valence-electron chi connectivity index (χ1n) is 10.1. The Kier molecular flexibility index (Phi) is 6.31. The Morgan fingerprint density at radius 3 is 2.24 bits per heavy atom. The Morgan fingerprint density at radius 1 is 0.848 bits per heavy atom. The van der Waals surface area contributed by atoms with Crippen LogP contribution in [-0.4, -0.2) is 33.1 Å². The summed E-state index contributed by atoms with van der Waals surface area (Å²) in [7, 11) is 4.68. The van der Waals surface area contributed by atoms with Gasteiger partial charge in [-0.15, -0.1) is 0 Å². The van der Waals surface area contributed by atoms with E-state index >= 15 is 0 Å². The van der Waals surface area contributed by atoms with Crippen molar-refractivity contribution in [1.29, 1.82) is 0 Å². The van der Waals surface area contributed by atoms with Gasteiger partial charge in [0, 0.05) is 17.7 Å². The number of benzene rings is 3. The Labute approximate surface area is 191 Å². The van der Waals surface area contributed by atoms with Gasteiger partial charge in [-0.05, 0) is 48.0 Å². The maximum atomic E-state index is 12.8. The first-order valence-corrected chi connectivity index (χ1v) is 10.1. The molecular weight excluding hydrogens is 424 g/mol. The second-order valence-corrected chi connectivity index (χ2v) is 7.20. The third-order valence-corrected chi connectivity index (χ3v) is 5.11. The van der Waals surface area contributed by atoms with E-state index in [1.54, 1.807) is 74.9 Å². The number of carbonyl (C=O) groups excluding carboxylic acids is 2. The molecule has 0 amide bonds. The summed E-state index contributed by atoms with van der Waals surface area (Å²) < 4.78 is 26.9. The van der Waals surface area contributed by atoms with Crippen molar-refractivity contribution in [3.8, 4) is 28.7 Å². The minimum Gasteiger partial charge on any atom is -0.497 e. The molecule has 1 heterocycles. The number of methoxy groups -OCH3 is 3. The lowest BCUT2D eigenvalue weighted by molar-refractivity contribution is -0.133. The fraction of sp³-hybridized carbons (Fsp3) is 0.154.